The van der Waals surface area contributed by atoms with Gasteiger partial charge in [0.2, 0.25) is 5.95 Å². The van der Waals surface area contributed by atoms with Crippen molar-refractivity contribution in [2.45, 2.75) is 12.2 Å². The summed E-state index contributed by atoms with van der Waals surface area (Å²) in [4.78, 5) is 17.6. The van der Waals surface area contributed by atoms with Gasteiger partial charge in [-0.1, -0.05) is 6.92 Å². The van der Waals surface area contributed by atoms with Crippen LogP contribution in [0.1, 0.15) is 6.92 Å². The Morgan fingerprint density at radius 2 is 2.39 bits per heavy atom. The summed E-state index contributed by atoms with van der Waals surface area (Å²) in [5, 5.41) is 14.3. The number of benzene rings is 1. The van der Waals surface area contributed by atoms with Crippen LogP contribution in [0.15, 0.2) is 18.2 Å². The second-order valence-electron chi connectivity index (χ2n) is 3.97. The molecule has 6 nitrogen and oxygen atoms in total. The number of nitrogens with one attached hydrogen (secondary N) is 2. The van der Waals surface area contributed by atoms with Crippen molar-refractivity contribution < 1.29 is 4.92 Å². The smallest absolute Gasteiger partial charge is 0.271 e. The van der Waals surface area contributed by atoms with Crippen LogP contribution in [0.25, 0.3) is 11.0 Å². The number of fused-ring (bicyclic) bond motifs is 1. The predicted octanol–water partition coefficient (Wildman–Crippen LogP) is 2.63. The Bertz CT molecular complexity index is 569. The van der Waals surface area contributed by atoms with E-state index in [1.807, 2.05) is 6.26 Å². The third-order valence-corrected chi connectivity index (χ3v) is 3.61. The van der Waals surface area contributed by atoms with Gasteiger partial charge in [-0.25, -0.2) is 4.98 Å². The number of anilines is 1. The number of aromatic amines is 1. The largest absolute Gasteiger partial charge is 0.355 e. The van der Waals surface area contributed by atoms with Crippen molar-refractivity contribution in [1.29, 1.82) is 0 Å². The molecule has 2 rings (SSSR count). The van der Waals surface area contributed by atoms with E-state index in [1.54, 1.807) is 17.8 Å². The summed E-state index contributed by atoms with van der Waals surface area (Å²) in [6.07, 6.45) is 2.05. The molecule has 1 aromatic carbocycles. The van der Waals surface area contributed by atoms with Gasteiger partial charge in [0.1, 0.15) is 0 Å². The fourth-order valence-corrected chi connectivity index (χ4v) is 1.77. The topological polar surface area (TPSA) is 83.8 Å². The quantitative estimate of drug-likeness (QED) is 0.642. The first kappa shape index (κ1) is 12.7. The highest BCUT2D eigenvalue weighted by molar-refractivity contribution is 7.99. The summed E-state index contributed by atoms with van der Waals surface area (Å²) in [5.74, 6) is 0.645. The molecule has 96 valence electrons. The second-order valence-corrected chi connectivity index (χ2v) is 5.25. The number of imidazole rings is 1. The number of aromatic nitrogens is 2. The molecule has 0 saturated carbocycles. The van der Waals surface area contributed by atoms with Crippen molar-refractivity contribution in [2.24, 2.45) is 0 Å². The predicted molar refractivity (Wildman–Crippen MR) is 74.2 cm³/mol. The zero-order chi connectivity index (χ0) is 13.1. The minimum atomic E-state index is -0.414. The number of rotatable bonds is 5. The lowest BCUT2D eigenvalue weighted by Crippen LogP contribution is -2.13. The molecule has 0 aliphatic heterocycles. The van der Waals surface area contributed by atoms with Gasteiger partial charge in [0, 0.05) is 23.9 Å². The van der Waals surface area contributed by atoms with Crippen molar-refractivity contribution in [3.8, 4) is 0 Å². The number of nitrogens with zero attached hydrogens (tertiary/aromatic N) is 2. The highest BCUT2D eigenvalue weighted by Crippen LogP contribution is 2.20. The number of thioether (sulfide) groups is 1. The fourth-order valence-electron chi connectivity index (χ4n) is 1.52. The third kappa shape index (κ3) is 2.73. The number of nitro benzene ring substituents is 1. The molecule has 0 bridgehead atoms. The molecule has 1 unspecified atom stereocenters. The van der Waals surface area contributed by atoms with Crippen LogP contribution in [0.4, 0.5) is 11.6 Å². The second kappa shape index (κ2) is 5.26. The molecule has 1 aromatic heterocycles. The van der Waals surface area contributed by atoms with E-state index in [0.29, 0.717) is 16.7 Å². The van der Waals surface area contributed by atoms with Crippen molar-refractivity contribution in [3.63, 3.8) is 0 Å². The average molecular weight is 266 g/mol. The SMILES string of the molecule is CSC(C)CNc1nc2ccc([N+](=O)[O-])cc2[nH]1. The van der Waals surface area contributed by atoms with Crippen LogP contribution in [0.5, 0.6) is 0 Å². The monoisotopic (exact) mass is 266 g/mol. The number of hydrogen-bond donors (Lipinski definition) is 2. The van der Waals surface area contributed by atoms with Crippen LogP contribution in [0, 0.1) is 10.1 Å². The maximum absolute atomic E-state index is 10.7. The Balaban J connectivity index is 2.19. The van der Waals surface area contributed by atoms with E-state index in [0.717, 1.165) is 12.1 Å². The van der Waals surface area contributed by atoms with E-state index in [-0.39, 0.29) is 5.69 Å². The van der Waals surface area contributed by atoms with Crippen molar-refractivity contribution >= 4 is 34.4 Å². The van der Waals surface area contributed by atoms with Crippen LogP contribution in [-0.4, -0.2) is 32.9 Å². The van der Waals surface area contributed by atoms with E-state index in [1.165, 1.54) is 12.1 Å². The van der Waals surface area contributed by atoms with Gasteiger partial charge in [-0.15, -0.1) is 0 Å². The molecular formula is C11H14N4O2S. The van der Waals surface area contributed by atoms with Gasteiger partial charge < -0.3 is 10.3 Å². The van der Waals surface area contributed by atoms with Crippen molar-refractivity contribution in [1.82, 2.24) is 9.97 Å². The summed E-state index contributed by atoms with van der Waals surface area (Å²) in [6, 6.07) is 4.59. The molecule has 1 atom stereocenters. The molecule has 18 heavy (non-hydrogen) atoms. The number of hydrogen-bond acceptors (Lipinski definition) is 5. The molecule has 0 saturated heterocycles. The molecular weight excluding hydrogens is 252 g/mol. The van der Waals surface area contributed by atoms with Crippen molar-refractivity contribution in [3.05, 3.63) is 28.3 Å². The first-order valence-electron chi connectivity index (χ1n) is 5.51. The van der Waals surface area contributed by atoms with Gasteiger partial charge in [0.05, 0.1) is 16.0 Å². The molecule has 1 heterocycles. The van der Waals surface area contributed by atoms with E-state index < -0.39 is 4.92 Å². The van der Waals surface area contributed by atoms with Crippen molar-refractivity contribution in [2.75, 3.05) is 18.1 Å². The van der Waals surface area contributed by atoms with Gasteiger partial charge in [-0.05, 0) is 12.3 Å². The van der Waals surface area contributed by atoms with E-state index >= 15 is 0 Å². The average Bonchev–Trinajstić information content (AvgIpc) is 2.77. The minimum Gasteiger partial charge on any atom is -0.355 e. The van der Waals surface area contributed by atoms with Gasteiger partial charge in [-0.3, -0.25) is 10.1 Å². The van der Waals surface area contributed by atoms with Gasteiger partial charge in [0.25, 0.3) is 5.69 Å². The Morgan fingerprint density at radius 3 is 3.06 bits per heavy atom. The van der Waals surface area contributed by atoms with E-state index in [2.05, 4.69) is 22.2 Å². The molecule has 0 amide bonds. The molecule has 0 aliphatic rings. The Labute approximate surface area is 108 Å². The van der Waals surface area contributed by atoms with Crippen LogP contribution in [-0.2, 0) is 0 Å². The summed E-state index contributed by atoms with van der Waals surface area (Å²) in [5.41, 5.74) is 1.46. The lowest BCUT2D eigenvalue weighted by Gasteiger charge is -2.07. The summed E-state index contributed by atoms with van der Waals surface area (Å²) < 4.78 is 0. The van der Waals surface area contributed by atoms with Gasteiger partial charge in [0.15, 0.2) is 0 Å². The maximum Gasteiger partial charge on any atom is 0.271 e. The number of non-ortho nitro benzene ring substituents is 1. The Kier molecular flexibility index (Phi) is 3.71. The summed E-state index contributed by atoms with van der Waals surface area (Å²) in [7, 11) is 0. The maximum atomic E-state index is 10.7. The molecule has 7 heteroatoms. The molecule has 0 fully saturated rings. The van der Waals surface area contributed by atoms with E-state index in [4.69, 9.17) is 0 Å². The third-order valence-electron chi connectivity index (χ3n) is 2.64. The minimum absolute atomic E-state index is 0.0650. The van der Waals surface area contributed by atoms with Gasteiger partial charge >= 0.3 is 0 Å². The first-order chi connectivity index (χ1) is 8.60. The Hall–Kier alpha value is -1.76. The van der Waals surface area contributed by atoms with Crippen LogP contribution in [0.3, 0.4) is 0 Å². The lowest BCUT2D eigenvalue weighted by atomic mass is 10.3. The molecule has 2 N–H and O–H groups in total. The molecule has 0 radical (unpaired) electrons. The van der Waals surface area contributed by atoms with Crippen LogP contribution < -0.4 is 5.32 Å². The normalized spacial score (nSPS) is 12.6. The molecule has 0 spiro atoms. The standard InChI is InChI=1S/C11H14N4O2S/c1-7(18-2)6-12-11-13-9-4-3-8(15(16)17)5-10(9)14-11/h3-5,7H,6H2,1-2H3,(H2,12,13,14). The Morgan fingerprint density at radius 1 is 1.61 bits per heavy atom. The van der Waals surface area contributed by atoms with E-state index in [9.17, 15) is 10.1 Å². The molecule has 0 aliphatic carbocycles. The highest BCUT2D eigenvalue weighted by Gasteiger charge is 2.09. The highest BCUT2D eigenvalue weighted by atomic mass is 32.2. The molecule has 2 aromatic rings. The first-order valence-corrected chi connectivity index (χ1v) is 6.80. The van der Waals surface area contributed by atoms with Crippen LogP contribution in [0.2, 0.25) is 0 Å². The lowest BCUT2D eigenvalue weighted by molar-refractivity contribution is -0.384. The summed E-state index contributed by atoms with van der Waals surface area (Å²) >= 11 is 1.76. The summed E-state index contributed by atoms with van der Waals surface area (Å²) in [6.45, 7) is 2.91. The zero-order valence-electron chi connectivity index (χ0n) is 10.1. The fraction of sp³-hybridized carbons (Fsp3) is 0.364. The number of nitro groups is 1. The zero-order valence-corrected chi connectivity index (χ0v) is 11.0. The number of H-pyrrole nitrogens is 1. The van der Waals surface area contributed by atoms with Gasteiger partial charge in [-0.2, -0.15) is 11.8 Å². The van der Waals surface area contributed by atoms with Crippen LogP contribution >= 0.6 is 11.8 Å².